The highest BCUT2D eigenvalue weighted by atomic mass is 19.1. The van der Waals surface area contributed by atoms with Crippen molar-refractivity contribution in [3.8, 4) is 5.69 Å². The summed E-state index contributed by atoms with van der Waals surface area (Å²) in [7, 11) is 0. The van der Waals surface area contributed by atoms with Crippen LogP contribution in [0, 0.1) is 12.7 Å². The lowest BCUT2D eigenvalue weighted by molar-refractivity contribution is 0.564. The van der Waals surface area contributed by atoms with Crippen LogP contribution in [0.3, 0.4) is 0 Å². The van der Waals surface area contributed by atoms with Gasteiger partial charge in [-0.2, -0.15) is 5.10 Å². The first-order valence-corrected chi connectivity index (χ1v) is 9.56. The predicted molar refractivity (Wildman–Crippen MR) is 112 cm³/mol. The van der Waals surface area contributed by atoms with Crippen LogP contribution in [0.5, 0.6) is 0 Å². The molecule has 0 aliphatic heterocycles. The van der Waals surface area contributed by atoms with Gasteiger partial charge >= 0.3 is 0 Å². The molecule has 0 fully saturated rings. The minimum absolute atomic E-state index is 0.0550. The van der Waals surface area contributed by atoms with Crippen LogP contribution >= 0.6 is 0 Å². The largest absolute Gasteiger partial charge is 0.327 e. The number of aromatic nitrogens is 2. The van der Waals surface area contributed by atoms with Crippen molar-refractivity contribution in [2.24, 2.45) is 5.73 Å². The van der Waals surface area contributed by atoms with Crippen LogP contribution in [0.1, 0.15) is 29.5 Å². The second-order valence-corrected chi connectivity index (χ2v) is 7.45. The smallest absolute Gasteiger partial charge is 0.123 e. The zero-order valence-corrected chi connectivity index (χ0v) is 16.1. The van der Waals surface area contributed by atoms with Crippen molar-refractivity contribution in [2.75, 3.05) is 0 Å². The summed E-state index contributed by atoms with van der Waals surface area (Å²) in [6.07, 6.45) is 2.75. The fourth-order valence-electron chi connectivity index (χ4n) is 3.78. The zero-order chi connectivity index (χ0) is 19.7. The van der Waals surface area contributed by atoms with Crippen molar-refractivity contribution in [2.45, 2.75) is 32.2 Å². The SMILES string of the molecule is Cc1cc2c(cnn2-c2ccc(F)cc2)cc1C[C@H](c1ccccc1)[C@H](C)N. The van der Waals surface area contributed by atoms with Crippen molar-refractivity contribution < 1.29 is 4.39 Å². The Morgan fingerprint density at radius 2 is 1.75 bits per heavy atom. The lowest BCUT2D eigenvalue weighted by atomic mass is 9.85. The molecule has 4 aromatic rings. The summed E-state index contributed by atoms with van der Waals surface area (Å²) in [5.41, 5.74) is 11.9. The van der Waals surface area contributed by atoms with Gasteiger partial charge in [0.2, 0.25) is 0 Å². The van der Waals surface area contributed by atoms with Gasteiger partial charge in [0.15, 0.2) is 0 Å². The molecule has 0 saturated heterocycles. The number of nitrogens with zero attached hydrogens (tertiary/aromatic N) is 2. The number of aryl methyl sites for hydroxylation is 1. The fraction of sp³-hybridized carbons (Fsp3) is 0.208. The number of fused-ring (bicyclic) bond motifs is 1. The Morgan fingerprint density at radius 3 is 2.43 bits per heavy atom. The van der Waals surface area contributed by atoms with Crippen LogP contribution in [0.25, 0.3) is 16.6 Å². The van der Waals surface area contributed by atoms with Crippen molar-refractivity contribution in [3.05, 3.63) is 95.4 Å². The van der Waals surface area contributed by atoms with Gasteiger partial charge in [0.1, 0.15) is 5.82 Å². The van der Waals surface area contributed by atoms with Crippen molar-refractivity contribution in [1.29, 1.82) is 0 Å². The second kappa shape index (κ2) is 7.56. The highest BCUT2D eigenvalue weighted by Gasteiger charge is 2.18. The van der Waals surface area contributed by atoms with Crippen LogP contribution in [0.15, 0.2) is 72.9 Å². The molecular weight excluding hydrogens is 349 g/mol. The van der Waals surface area contributed by atoms with Crippen LogP contribution in [0.4, 0.5) is 4.39 Å². The molecule has 142 valence electrons. The van der Waals surface area contributed by atoms with Crippen LogP contribution in [0.2, 0.25) is 0 Å². The molecule has 0 unspecified atom stereocenters. The van der Waals surface area contributed by atoms with E-state index in [1.54, 1.807) is 12.1 Å². The van der Waals surface area contributed by atoms with Gasteiger partial charge in [-0.25, -0.2) is 9.07 Å². The predicted octanol–water partition coefficient (Wildman–Crippen LogP) is 5.15. The average molecular weight is 373 g/mol. The third kappa shape index (κ3) is 3.56. The average Bonchev–Trinajstić information content (AvgIpc) is 3.09. The van der Waals surface area contributed by atoms with Gasteiger partial charge in [0.05, 0.1) is 17.4 Å². The third-order valence-electron chi connectivity index (χ3n) is 5.40. The molecule has 4 rings (SSSR count). The third-order valence-corrected chi connectivity index (χ3v) is 5.40. The highest BCUT2D eigenvalue weighted by Crippen LogP contribution is 2.28. The molecule has 1 aromatic heterocycles. The van der Waals surface area contributed by atoms with E-state index in [0.29, 0.717) is 0 Å². The summed E-state index contributed by atoms with van der Waals surface area (Å²) >= 11 is 0. The van der Waals surface area contributed by atoms with Crippen molar-refractivity contribution >= 4 is 10.9 Å². The van der Waals surface area contributed by atoms with E-state index in [9.17, 15) is 4.39 Å². The van der Waals surface area contributed by atoms with Gasteiger partial charge in [-0.3, -0.25) is 0 Å². The molecule has 3 nitrogen and oxygen atoms in total. The quantitative estimate of drug-likeness (QED) is 0.526. The molecule has 28 heavy (non-hydrogen) atoms. The van der Waals surface area contributed by atoms with Crippen LogP contribution in [-0.4, -0.2) is 15.8 Å². The maximum atomic E-state index is 13.2. The molecule has 0 saturated carbocycles. The van der Waals surface area contributed by atoms with Gasteiger partial charge in [0, 0.05) is 17.3 Å². The van der Waals surface area contributed by atoms with E-state index in [-0.39, 0.29) is 17.8 Å². The minimum atomic E-state index is -0.249. The molecule has 0 radical (unpaired) electrons. The summed E-state index contributed by atoms with van der Waals surface area (Å²) < 4.78 is 15.1. The topological polar surface area (TPSA) is 43.8 Å². The number of nitrogens with two attached hydrogens (primary N) is 1. The first-order valence-electron chi connectivity index (χ1n) is 9.56. The maximum absolute atomic E-state index is 13.2. The normalized spacial score (nSPS) is 13.6. The molecule has 0 bridgehead atoms. The highest BCUT2D eigenvalue weighted by molar-refractivity contribution is 5.82. The van der Waals surface area contributed by atoms with Crippen molar-refractivity contribution in [3.63, 3.8) is 0 Å². The van der Waals surface area contributed by atoms with E-state index in [4.69, 9.17) is 5.73 Å². The summed E-state index contributed by atoms with van der Waals surface area (Å²) in [5, 5.41) is 5.59. The van der Waals surface area contributed by atoms with E-state index in [0.717, 1.165) is 23.0 Å². The number of hydrogen-bond acceptors (Lipinski definition) is 2. The van der Waals surface area contributed by atoms with Gasteiger partial charge < -0.3 is 5.73 Å². The van der Waals surface area contributed by atoms with E-state index in [2.05, 4.69) is 55.3 Å². The molecular formula is C24H24FN3. The first kappa shape index (κ1) is 18.4. The molecule has 0 spiro atoms. The van der Waals surface area contributed by atoms with E-state index in [1.165, 1.54) is 28.8 Å². The molecule has 2 atom stereocenters. The summed E-state index contributed by atoms with van der Waals surface area (Å²) in [6, 6.07) is 21.3. The monoisotopic (exact) mass is 373 g/mol. The maximum Gasteiger partial charge on any atom is 0.123 e. The number of halogens is 1. The first-order chi connectivity index (χ1) is 13.5. The van der Waals surface area contributed by atoms with E-state index in [1.807, 2.05) is 16.9 Å². The van der Waals surface area contributed by atoms with Gasteiger partial charge in [-0.1, -0.05) is 30.3 Å². The molecule has 4 heteroatoms. The van der Waals surface area contributed by atoms with Crippen LogP contribution in [-0.2, 0) is 6.42 Å². The number of hydrogen-bond donors (Lipinski definition) is 1. The van der Waals surface area contributed by atoms with Gasteiger partial charge in [0.25, 0.3) is 0 Å². The Bertz CT molecular complexity index is 1080. The molecule has 0 aliphatic carbocycles. The van der Waals surface area contributed by atoms with E-state index >= 15 is 0 Å². The second-order valence-electron chi connectivity index (χ2n) is 7.45. The number of benzene rings is 3. The Kier molecular flexibility index (Phi) is 4.97. The summed E-state index contributed by atoms with van der Waals surface area (Å²) in [6.45, 7) is 4.19. The Hall–Kier alpha value is -2.98. The molecule has 3 aromatic carbocycles. The summed E-state index contributed by atoms with van der Waals surface area (Å²) in [5.74, 6) is 0.00558. The Morgan fingerprint density at radius 1 is 1.04 bits per heavy atom. The molecule has 1 heterocycles. The minimum Gasteiger partial charge on any atom is -0.327 e. The zero-order valence-electron chi connectivity index (χ0n) is 16.1. The lowest BCUT2D eigenvalue weighted by Crippen LogP contribution is -2.26. The molecule has 2 N–H and O–H groups in total. The standard InChI is InChI=1S/C24H24FN3/c1-16-12-24-20(15-27-28(24)22-10-8-21(25)9-11-22)13-19(16)14-23(17(2)26)18-6-4-3-5-7-18/h3-13,15,17,23H,14,26H2,1-2H3/t17-,23-/m0/s1. The van der Waals surface area contributed by atoms with E-state index < -0.39 is 0 Å². The van der Waals surface area contributed by atoms with Gasteiger partial charge in [-0.05, 0) is 73.4 Å². The number of rotatable bonds is 5. The lowest BCUT2D eigenvalue weighted by Gasteiger charge is -2.22. The Labute approximate surface area is 164 Å². The van der Waals surface area contributed by atoms with Crippen molar-refractivity contribution in [1.82, 2.24) is 9.78 Å². The molecule has 0 aliphatic rings. The Balaban J connectivity index is 1.71. The molecule has 0 amide bonds. The summed E-state index contributed by atoms with van der Waals surface area (Å²) in [4.78, 5) is 0. The fourth-order valence-corrected chi connectivity index (χ4v) is 3.78. The van der Waals surface area contributed by atoms with Crippen LogP contribution < -0.4 is 5.73 Å². The van der Waals surface area contributed by atoms with Gasteiger partial charge in [-0.15, -0.1) is 0 Å².